The second-order valence-electron chi connectivity index (χ2n) is 3.84. The van der Waals surface area contributed by atoms with E-state index < -0.39 is 0 Å². The van der Waals surface area contributed by atoms with Crippen LogP contribution in [-0.4, -0.2) is 14.8 Å². The van der Waals surface area contributed by atoms with E-state index in [4.69, 9.17) is 5.73 Å². The average molecular weight is 216 g/mol. The zero-order valence-corrected chi connectivity index (χ0v) is 9.64. The van der Waals surface area contributed by atoms with Crippen molar-refractivity contribution in [3.8, 4) is 11.3 Å². The summed E-state index contributed by atoms with van der Waals surface area (Å²) >= 11 is 0. The summed E-state index contributed by atoms with van der Waals surface area (Å²) in [6.45, 7) is 5.06. The molecule has 0 amide bonds. The fourth-order valence-corrected chi connectivity index (χ4v) is 1.71. The molecule has 0 radical (unpaired) electrons. The smallest absolute Gasteiger partial charge is 0.124 e. The minimum atomic E-state index is 0.542. The van der Waals surface area contributed by atoms with E-state index in [0.717, 1.165) is 29.9 Å². The predicted molar refractivity (Wildman–Crippen MR) is 64.9 cm³/mol. The van der Waals surface area contributed by atoms with Crippen molar-refractivity contribution in [3.63, 3.8) is 0 Å². The largest absolute Gasteiger partial charge is 0.384 e. The Hall–Kier alpha value is -1.84. The molecule has 2 heterocycles. The standard InChI is InChI=1S/C12H16N4/c1-3-7-16-8-10(9(2)15-16)11-5-4-6-12(13)14-11/h4-6,8H,3,7H2,1-2H3,(H2,13,14). The molecule has 4 nitrogen and oxygen atoms in total. The third-order valence-electron chi connectivity index (χ3n) is 2.45. The molecule has 84 valence electrons. The molecule has 0 atom stereocenters. The molecule has 0 spiro atoms. The summed E-state index contributed by atoms with van der Waals surface area (Å²) < 4.78 is 1.95. The lowest BCUT2D eigenvalue weighted by Gasteiger charge is -1.98. The molecule has 0 saturated carbocycles. The molecule has 2 N–H and O–H groups in total. The van der Waals surface area contributed by atoms with Crippen molar-refractivity contribution in [2.24, 2.45) is 0 Å². The van der Waals surface area contributed by atoms with Crippen molar-refractivity contribution < 1.29 is 0 Å². The lowest BCUT2D eigenvalue weighted by molar-refractivity contribution is 0.598. The summed E-state index contributed by atoms with van der Waals surface area (Å²) in [5.41, 5.74) is 8.61. The highest BCUT2D eigenvalue weighted by atomic mass is 15.3. The Kier molecular flexibility index (Phi) is 2.90. The van der Waals surface area contributed by atoms with Crippen LogP contribution in [0.2, 0.25) is 0 Å². The van der Waals surface area contributed by atoms with Gasteiger partial charge in [0.15, 0.2) is 0 Å². The molecular formula is C12H16N4. The van der Waals surface area contributed by atoms with Crippen LogP contribution in [0.5, 0.6) is 0 Å². The number of hydrogen-bond acceptors (Lipinski definition) is 3. The third kappa shape index (κ3) is 2.05. The van der Waals surface area contributed by atoms with E-state index in [1.807, 2.05) is 29.9 Å². The van der Waals surface area contributed by atoms with Gasteiger partial charge in [-0.1, -0.05) is 13.0 Å². The summed E-state index contributed by atoms with van der Waals surface area (Å²) in [6.07, 6.45) is 3.10. The topological polar surface area (TPSA) is 56.7 Å². The molecule has 0 aromatic carbocycles. The molecule has 0 unspecified atom stereocenters. The Labute approximate surface area is 95.1 Å². The lowest BCUT2D eigenvalue weighted by atomic mass is 10.2. The highest BCUT2D eigenvalue weighted by Gasteiger charge is 2.08. The summed E-state index contributed by atoms with van der Waals surface area (Å²) in [7, 11) is 0. The highest BCUT2D eigenvalue weighted by molar-refractivity contribution is 5.62. The molecule has 16 heavy (non-hydrogen) atoms. The monoisotopic (exact) mass is 216 g/mol. The second-order valence-corrected chi connectivity index (χ2v) is 3.84. The molecule has 0 saturated heterocycles. The number of nitrogens with two attached hydrogens (primary N) is 1. The van der Waals surface area contributed by atoms with Gasteiger partial charge in [-0.25, -0.2) is 4.98 Å². The van der Waals surface area contributed by atoms with Gasteiger partial charge in [0, 0.05) is 18.3 Å². The Morgan fingerprint density at radius 3 is 2.88 bits per heavy atom. The van der Waals surface area contributed by atoms with Gasteiger partial charge in [0.1, 0.15) is 5.82 Å². The Balaban J connectivity index is 2.40. The number of nitrogens with zero attached hydrogens (tertiary/aromatic N) is 3. The number of aryl methyl sites for hydroxylation is 2. The predicted octanol–water partition coefficient (Wildman–Crippen LogP) is 2.25. The zero-order chi connectivity index (χ0) is 11.5. The Bertz CT molecular complexity index is 488. The molecule has 4 heteroatoms. The number of hydrogen-bond donors (Lipinski definition) is 1. The lowest BCUT2D eigenvalue weighted by Crippen LogP contribution is -1.96. The van der Waals surface area contributed by atoms with Crippen molar-refractivity contribution in [3.05, 3.63) is 30.1 Å². The Morgan fingerprint density at radius 2 is 2.19 bits per heavy atom. The first-order valence-corrected chi connectivity index (χ1v) is 5.47. The number of pyridine rings is 1. The maximum atomic E-state index is 5.67. The van der Waals surface area contributed by atoms with Crippen LogP contribution >= 0.6 is 0 Å². The first kappa shape index (κ1) is 10.7. The van der Waals surface area contributed by atoms with Crippen LogP contribution in [0.15, 0.2) is 24.4 Å². The number of aromatic nitrogens is 3. The van der Waals surface area contributed by atoms with E-state index in [0.29, 0.717) is 5.82 Å². The van der Waals surface area contributed by atoms with E-state index in [1.165, 1.54) is 0 Å². The van der Waals surface area contributed by atoms with E-state index in [1.54, 1.807) is 6.07 Å². The van der Waals surface area contributed by atoms with Crippen LogP contribution in [0.3, 0.4) is 0 Å². The molecule has 0 aliphatic heterocycles. The van der Waals surface area contributed by atoms with Crippen LogP contribution in [0.1, 0.15) is 19.0 Å². The van der Waals surface area contributed by atoms with Crippen molar-refractivity contribution in [1.29, 1.82) is 0 Å². The zero-order valence-electron chi connectivity index (χ0n) is 9.64. The quantitative estimate of drug-likeness (QED) is 0.856. The van der Waals surface area contributed by atoms with E-state index >= 15 is 0 Å². The Morgan fingerprint density at radius 1 is 1.38 bits per heavy atom. The van der Waals surface area contributed by atoms with Crippen LogP contribution in [-0.2, 0) is 6.54 Å². The third-order valence-corrected chi connectivity index (χ3v) is 2.45. The van der Waals surface area contributed by atoms with Gasteiger partial charge in [0.05, 0.1) is 11.4 Å². The van der Waals surface area contributed by atoms with E-state index in [2.05, 4.69) is 17.0 Å². The summed E-state index contributed by atoms with van der Waals surface area (Å²) in [4.78, 5) is 4.30. The first-order valence-electron chi connectivity index (χ1n) is 5.47. The number of rotatable bonds is 3. The molecular weight excluding hydrogens is 200 g/mol. The highest BCUT2D eigenvalue weighted by Crippen LogP contribution is 2.21. The maximum absolute atomic E-state index is 5.67. The minimum Gasteiger partial charge on any atom is -0.384 e. The van der Waals surface area contributed by atoms with Gasteiger partial charge in [-0.2, -0.15) is 5.10 Å². The van der Waals surface area contributed by atoms with Crippen molar-refractivity contribution >= 4 is 5.82 Å². The van der Waals surface area contributed by atoms with Gasteiger partial charge in [-0.05, 0) is 25.5 Å². The van der Waals surface area contributed by atoms with Gasteiger partial charge in [0.2, 0.25) is 0 Å². The van der Waals surface area contributed by atoms with Crippen LogP contribution in [0.25, 0.3) is 11.3 Å². The van der Waals surface area contributed by atoms with E-state index in [9.17, 15) is 0 Å². The van der Waals surface area contributed by atoms with Gasteiger partial charge in [-0.15, -0.1) is 0 Å². The maximum Gasteiger partial charge on any atom is 0.124 e. The average Bonchev–Trinajstić information content (AvgIpc) is 2.60. The van der Waals surface area contributed by atoms with Crippen molar-refractivity contribution in [2.75, 3.05) is 5.73 Å². The first-order chi connectivity index (χ1) is 7.70. The second kappa shape index (κ2) is 4.35. The van der Waals surface area contributed by atoms with Gasteiger partial charge >= 0.3 is 0 Å². The van der Waals surface area contributed by atoms with Gasteiger partial charge in [0.25, 0.3) is 0 Å². The van der Waals surface area contributed by atoms with Gasteiger partial charge in [-0.3, -0.25) is 4.68 Å². The van der Waals surface area contributed by atoms with Gasteiger partial charge < -0.3 is 5.73 Å². The number of anilines is 1. The van der Waals surface area contributed by atoms with E-state index in [-0.39, 0.29) is 0 Å². The van der Waals surface area contributed by atoms with Crippen LogP contribution in [0, 0.1) is 6.92 Å². The summed E-state index contributed by atoms with van der Waals surface area (Å²) in [5.74, 6) is 0.542. The molecule has 2 aromatic heterocycles. The molecule has 0 fully saturated rings. The summed E-state index contributed by atoms with van der Waals surface area (Å²) in [6, 6.07) is 5.65. The molecule has 0 aliphatic carbocycles. The van der Waals surface area contributed by atoms with Crippen molar-refractivity contribution in [1.82, 2.24) is 14.8 Å². The molecule has 2 aromatic rings. The fourth-order valence-electron chi connectivity index (χ4n) is 1.71. The molecule has 0 bridgehead atoms. The number of nitrogen functional groups attached to an aromatic ring is 1. The summed E-state index contributed by atoms with van der Waals surface area (Å²) in [5, 5.41) is 4.44. The SMILES string of the molecule is CCCn1cc(-c2cccc(N)n2)c(C)n1. The van der Waals surface area contributed by atoms with Crippen LogP contribution < -0.4 is 5.73 Å². The van der Waals surface area contributed by atoms with Crippen LogP contribution in [0.4, 0.5) is 5.82 Å². The van der Waals surface area contributed by atoms with Crippen molar-refractivity contribution in [2.45, 2.75) is 26.8 Å². The molecule has 0 aliphatic rings. The fraction of sp³-hybridized carbons (Fsp3) is 0.333. The normalized spacial score (nSPS) is 10.6. The minimum absolute atomic E-state index is 0.542. The molecule has 2 rings (SSSR count).